The van der Waals surface area contributed by atoms with Gasteiger partial charge in [-0.15, -0.1) is 0 Å². The Labute approximate surface area is 609 Å². The third kappa shape index (κ3) is 10.3. The molecule has 20 rings (SSSR count). The average Bonchev–Trinajstić information content (AvgIpc) is 1.71. The predicted octanol–water partition coefficient (Wildman–Crippen LogP) is 28.8. The van der Waals surface area contributed by atoms with E-state index in [1.807, 2.05) is 0 Å². The van der Waals surface area contributed by atoms with Crippen LogP contribution in [0.2, 0.25) is 0 Å². The third-order valence-electron chi connectivity index (χ3n) is 22.8. The van der Waals surface area contributed by atoms with Gasteiger partial charge in [0.05, 0.1) is 0 Å². The first kappa shape index (κ1) is 62.3. The molecule has 18 aromatic carbocycles. The van der Waals surface area contributed by atoms with Gasteiger partial charge in [0, 0.05) is 10.8 Å². The second-order valence-corrected chi connectivity index (χ2v) is 29.3. The fourth-order valence-corrected chi connectivity index (χ4v) is 17.7. The highest BCUT2D eigenvalue weighted by molar-refractivity contribution is 6.26. The molecule has 0 spiro atoms. The van der Waals surface area contributed by atoms with Crippen LogP contribution >= 0.6 is 0 Å². The Kier molecular flexibility index (Phi) is 15.0. The van der Waals surface area contributed by atoms with Crippen LogP contribution in [0.5, 0.6) is 0 Å². The first-order valence-electron chi connectivity index (χ1n) is 36.5. The predicted molar refractivity (Wildman–Crippen MR) is 444 cm³/mol. The molecule has 0 aromatic heterocycles. The number of fused-ring (bicyclic) bond motifs is 11. The molecule has 0 unspecified atom stereocenters. The molecule has 0 aliphatic heterocycles. The van der Waals surface area contributed by atoms with Crippen LogP contribution < -0.4 is 0 Å². The molecule has 104 heavy (non-hydrogen) atoms. The molecule has 0 heterocycles. The number of hydrogen-bond acceptors (Lipinski definition) is 0. The summed E-state index contributed by atoms with van der Waals surface area (Å²) >= 11 is 0. The van der Waals surface area contributed by atoms with Crippen molar-refractivity contribution in [2.24, 2.45) is 0 Å². The van der Waals surface area contributed by atoms with E-state index in [0.29, 0.717) is 0 Å². The number of benzene rings is 18. The van der Waals surface area contributed by atoms with Crippen LogP contribution in [-0.4, -0.2) is 0 Å². The average molecular weight is 1320 g/mol. The minimum Gasteiger partial charge on any atom is -0.0622 e. The summed E-state index contributed by atoms with van der Waals surface area (Å²) in [6.07, 6.45) is 0. The molecule has 0 radical (unpaired) electrons. The zero-order chi connectivity index (χ0) is 69.6. The summed E-state index contributed by atoms with van der Waals surface area (Å²) in [4.78, 5) is 0. The van der Waals surface area contributed by atoms with Crippen LogP contribution in [-0.2, 0) is 10.8 Å². The standard InChI is InChI=1S/C53H38.C51H36/c1-53(2)49-23-12-11-20-43(49)47-34-42(29-31-50(47)53)52-45-22-10-9-21-44(45)51(46-30-28-40(33-48(46)52)36-16-7-4-8-17-36)41-19-13-18-39(32-41)38-26-24-37(25-27-38)35-14-5-3-6-15-35;1-51(2)47-24-14-13-21-40(47)45-32-36(26-30-48(45)51)49-41-22-11-12-23-42(41)50(44-27-25-35(31-46(44)49)33-15-5-3-6-16-33)43-29-28-37(34-17-7-4-8-18-34)38-19-9-10-20-39(38)43/h3-34H,1-2H3;3-32H,1-2H3. The lowest BCUT2D eigenvalue weighted by molar-refractivity contribution is 0.660. The van der Waals surface area contributed by atoms with E-state index in [1.165, 1.54) is 199 Å². The van der Waals surface area contributed by atoms with Crippen molar-refractivity contribution in [1.82, 2.24) is 0 Å². The molecular formula is C104H74. The van der Waals surface area contributed by atoms with Crippen molar-refractivity contribution in [2.75, 3.05) is 0 Å². The fraction of sp³-hybridized carbons (Fsp3) is 0.0577. The Morgan fingerprint density at radius 1 is 0.135 bits per heavy atom. The van der Waals surface area contributed by atoms with Gasteiger partial charge in [-0.25, -0.2) is 0 Å². The summed E-state index contributed by atoms with van der Waals surface area (Å²) in [5.41, 5.74) is 33.3. The second-order valence-electron chi connectivity index (χ2n) is 29.3. The summed E-state index contributed by atoms with van der Waals surface area (Å²) in [6.45, 7) is 9.43. The summed E-state index contributed by atoms with van der Waals surface area (Å²) < 4.78 is 0. The molecule has 0 saturated carbocycles. The van der Waals surface area contributed by atoms with Crippen molar-refractivity contribution in [3.05, 3.63) is 398 Å². The Morgan fingerprint density at radius 3 is 0.894 bits per heavy atom. The number of hydrogen-bond donors (Lipinski definition) is 0. The van der Waals surface area contributed by atoms with Gasteiger partial charge < -0.3 is 0 Å². The number of rotatable bonds is 9. The lowest BCUT2D eigenvalue weighted by Crippen LogP contribution is -2.14. The van der Waals surface area contributed by atoms with Crippen LogP contribution in [0.4, 0.5) is 0 Å². The summed E-state index contributed by atoms with van der Waals surface area (Å²) in [6, 6.07) is 139. The molecule has 0 fully saturated rings. The molecule has 0 N–H and O–H groups in total. The van der Waals surface area contributed by atoms with Gasteiger partial charge >= 0.3 is 0 Å². The molecule has 0 atom stereocenters. The van der Waals surface area contributed by atoms with Crippen LogP contribution in [0.15, 0.2) is 376 Å². The summed E-state index contributed by atoms with van der Waals surface area (Å²) in [5.74, 6) is 0. The maximum atomic E-state index is 2.46. The van der Waals surface area contributed by atoms with Crippen molar-refractivity contribution in [3.63, 3.8) is 0 Å². The molecule has 18 aromatic rings. The van der Waals surface area contributed by atoms with Gasteiger partial charge in [-0.05, 0) is 229 Å². The van der Waals surface area contributed by atoms with E-state index < -0.39 is 0 Å². The Balaban J connectivity index is 0.000000143. The normalized spacial score (nSPS) is 13.0. The van der Waals surface area contributed by atoms with E-state index in [2.05, 4.69) is 404 Å². The van der Waals surface area contributed by atoms with Gasteiger partial charge in [-0.1, -0.05) is 373 Å². The molecule has 2 aliphatic carbocycles. The molecule has 0 bridgehead atoms. The van der Waals surface area contributed by atoms with E-state index in [0.717, 1.165) is 0 Å². The van der Waals surface area contributed by atoms with Crippen molar-refractivity contribution in [2.45, 2.75) is 38.5 Å². The van der Waals surface area contributed by atoms with Gasteiger partial charge in [-0.3, -0.25) is 0 Å². The van der Waals surface area contributed by atoms with E-state index in [4.69, 9.17) is 0 Å². The monoisotopic (exact) mass is 1320 g/mol. The van der Waals surface area contributed by atoms with Crippen LogP contribution in [0.1, 0.15) is 49.9 Å². The van der Waals surface area contributed by atoms with Gasteiger partial charge in [-0.2, -0.15) is 0 Å². The van der Waals surface area contributed by atoms with Crippen molar-refractivity contribution < 1.29 is 0 Å². The van der Waals surface area contributed by atoms with E-state index in [-0.39, 0.29) is 10.8 Å². The Morgan fingerprint density at radius 2 is 0.413 bits per heavy atom. The molecule has 0 nitrogen and oxygen atoms in total. The van der Waals surface area contributed by atoms with Gasteiger partial charge in [0.2, 0.25) is 0 Å². The summed E-state index contributed by atoms with van der Waals surface area (Å²) in [5, 5.41) is 12.7. The minimum absolute atomic E-state index is 0.0358. The van der Waals surface area contributed by atoms with Gasteiger partial charge in [0.1, 0.15) is 0 Å². The van der Waals surface area contributed by atoms with Crippen molar-refractivity contribution >= 4 is 53.9 Å². The first-order chi connectivity index (χ1) is 51.1. The van der Waals surface area contributed by atoms with Gasteiger partial charge in [0.25, 0.3) is 0 Å². The molecule has 2 aliphatic rings. The largest absolute Gasteiger partial charge is 0.0622 e. The Bertz CT molecular complexity index is 6410. The summed E-state index contributed by atoms with van der Waals surface area (Å²) in [7, 11) is 0. The second kappa shape index (κ2) is 25.1. The van der Waals surface area contributed by atoms with E-state index >= 15 is 0 Å². The maximum absolute atomic E-state index is 2.46. The van der Waals surface area contributed by atoms with E-state index in [1.54, 1.807) is 0 Å². The minimum atomic E-state index is -0.0359. The van der Waals surface area contributed by atoms with Crippen LogP contribution in [0.3, 0.4) is 0 Å². The topological polar surface area (TPSA) is 0 Å². The smallest absolute Gasteiger partial charge is 0.0158 e. The molecule has 0 heteroatoms. The first-order valence-corrected chi connectivity index (χ1v) is 36.5. The highest BCUT2D eigenvalue weighted by atomic mass is 14.4. The highest BCUT2D eigenvalue weighted by Gasteiger charge is 2.37. The van der Waals surface area contributed by atoms with Crippen molar-refractivity contribution in [1.29, 1.82) is 0 Å². The van der Waals surface area contributed by atoms with Crippen LogP contribution in [0.25, 0.3) is 176 Å². The van der Waals surface area contributed by atoms with E-state index in [9.17, 15) is 0 Å². The third-order valence-corrected chi connectivity index (χ3v) is 22.8. The zero-order valence-electron chi connectivity index (χ0n) is 58.8. The SMILES string of the molecule is CC1(C)c2ccccc2-c2cc(-c3c4ccccc4c(-c4ccc(-c5ccccc5)c5ccccc45)c4ccc(-c5ccccc5)cc34)ccc21.CC1(C)c2ccccc2-c2cc(-c3c4ccccc4c(-c4cccc(-c5ccc(-c6ccccc6)cc5)c4)c4ccc(-c5ccccc5)cc34)ccc21. The molecular weight excluding hydrogens is 1250 g/mol. The van der Waals surface area contributed by atoms with Gasteiger partial charge in [0.15, 0.2) is 0 Å². The highest BCUT2D eigenvalue weighted by Crippen LogP contribution is 2.55. The lowest BCUT2D eigenvalue weighted by Gasteiger charge is -2.22. The quantitative estimate of drug-likeness (QED) is 0.126. The molecule has 0 amide bonds. The fourth-order valence-electron chi connectivity index (χ4n) is 17.7. The lowest BCUT2D eigenvalue weighted by atomic mass is 9.81. The molecule has 490 valence electrons. The molecule has 0 saturated heterocycles. The van der Waals surface area contributed by atoms with Crippen LogP contribution in [0, 0.1) is 0 Å². The maximum Gasteiger partial charge on any atom is 0.0158 e. The van der Waals surface area contributed by atoms with Crippen molar-refractivity contribution in [3.8, 4) is 122 Å². The zero-order valence-corrected chi connectivity index (χ0v) is 58.8. The Hall–Kier alpha value is -12.7.